The molecule has 262 valence electrons. The van der Waals surface area contributed by atoms with Crippen molar-refractivity contribution < 1.29 is 28.9 Å². The number of benzene rings is 1. The lowest BCUT2D eigenvalue weighted by Gasteiger charge is -2.41. The van der Waals surface area contributed by atoms with E-state index in [1.165, 1.54) is 5.56 Å². The number of aromatic nitrogens is 2. The van der Waals surface area contributed by atoms with Gasteiger partial charge >= 0.3 is 6.09 Å². The summed E-state index contributed by atoms with van der Waals surface area (Å²) in [7, 11) is 1.59. The highest BCUT2D eigenvalue weighted by molar-refractivity contribution is 5.95. The number of aliphatic hydroxyl groups is 1. The Bertz CT molecular complexity index is 1460. The van der Waals surface area contributed by atoms with Crippen LogP contribution in [0.4, 0.5) is 4.79 Å². The fourth-order valence-corrected chi connectivity index (χ4v) is 7.44. The van der Waals surface area contributed by atoms with Crippen molar-refractivity contribution in [2.75, 3.05) is 40.0 Å². The van der Waals surface area contributed by atoms with Crippen LogP contribution in [-0.4, -0.2) is 82.7 Å². The Morgan fingerprint density at radius 1 is 1.21 bits per heavy atom. The van der Waals surface area contributed by atoms with Crippen molar-refractivity contribution in [3.05, 3.63) is 77.9 Å². The van der Waals surface area contributed by atoms with Gasteiger partial charge in [-0.2, -0.15) is 0 Å². The molecule has 2 fully saturated rings. The van der Waals surface area contributed by atoms with Crippen molar-refractivity contribution in [1.29, 1.82) is 0 Å². The molecular weight excluding hydrogens is 606 g/mol. The monoisotopic (exact) mass is 661 g/mol. The van der Waals surface area contributed by atoms with Crippen LogP contribution in [0, 0.1) is 11.3 Å². The number of nitrogens with zero attached hydrogens (tertiary/aromatic N) is 3. The van der Waals surface area contributed by atoms with Crippen molar-refractivity contribution in [2.24, 2.45) is 11.3 Å². The van der Waals surface area contributed by atoms with Crippen LogP contribution in [0.5, 0.6) is 0 Å². The van der Waals surface area contributed by atoms with E-state index in [4.69, 9.17) is 19.2 Å². The highest BCUT2D eigenvalue weighted by Gasteiger charge is 2.52. The van der Waals surface area contributed by atoms with Crippen LogP contribution in [0.2, 0.25) is 0 Å². The number of methoxy groups -OCH3 is 1. The van der Waals surface area contributed by atoms with Gasteiger partial charge in [-0.25, -0.2) is 9.78 Å². The Morgan fingerprint density at radius 2 is 1.98 bits per heavy atom. The van der Waals surface area contributed by atoms with Gasteiger partial charge in [0.15, 0.2) is 5.78 Å². The molecule has 0 spiro atoms. The second-order valence-corrected chi connectivity index (χ2v) is 15.3. The summed E-state index contributed by atoms with van der Waals surface area (Å²) in [5.41, 5.74) is 0.808. The maximum Gasteiger partial charge on any atom is 0.410 e. The Labute approximate surface area is 286 Å². The van der Waals surface area contributed by atoms with Gasteiger partial charge in [0, 0.05) is 45.6 Å². The molecule has 9 nitrogen and oxygen atoms in total. The number of amides is 1. The number of ether oxygens (including phenoxy) is 3. The number of hydrogen-bond donors (Lipinski definition) is 1. The van der Waals surface area contributed by atoms with E-state index in [0.29, 0.717) is 57.2 Å². The number of carbonyl (C=O) groups excluding carboxylic acids is 2. The minimum absolute atomic E-state index is 0.0207. The number of hydrogen-bond acceptors (Lipinski definition) is 7. The molecule has 2 aromatic rings. The van der Waals surface area contributed by atoms with Gasteiger partial charge in [0.1, 0.15) is 16.9 Å². The van der Waals surface area contributed by atoms with Crippen LogP contribution in [0.25, 0.3) is 0 Å². The van der Waals surface area contributed by atoms with Crippen molar-refractivity contribution in [1.82, 2.24) is 14.5 Å². The second kappa shape index (κ2) is 15.1. The topological polar surface area (TPSA) is 103 Å². The van der Waals surface area contributed by atoms with Crippen LogP contribution in [0.3, 0.4) is 0 Å². The standard InChI is InChI=1S/C39H55N3O6/c1-7-28(18-20-41(36(44)48-37(2,3)4)25-38(5)23-31(38)29-14-10-8-11-15-29)22-32(43)34-35(30-16-12-9-13-17-30)42(27-40-34)33-24-47-21-19-39(33,45)26-46-6/h8-16,27-28,30-31,33,45H,7,17-26H2,1-6H3/t28?,30?,31-,33?,38+,39+/m1/s1. The summed E-state index contributed by atoms with van der Waals surface area (Å²) in [4.78, 5) is 34.2. The zero-order chi connectivity index (χ0) is 34.5. The summed E-state index contributed by atoms with van der Waals surface area (Å²) in [5.74, 6) is 0.389. The number of carbonyl (C=O) groups is 2. The second-order valence-electron chi connectivity index (χ2n) is 15.3. The third-order valence-corrected chi connectivity index (χ3v) is 10.3. The molecule has 1 N–H and O–H groups in total. The lowest BCUT2D eigenvalue weighted by Crippen LogP contribution is -2.50. The average molecular weight is 662 g/mol. The Hall–Kier alpha value is -3.27. The first-order valence-corrected chi connectivity index (χ1v) is 17.6. The molecule has 0 radical (unpaired) electrons. The normalized spacial score (nSPS) is 27.4. The fourth-order valence-electron chi connectivity index (χ4n) is 7.44. The van der Waals surface area contributed by atoms with Crippen molar-refractivity contribution in [3.8, 4) is 0 Å². The van der Waals surface area contributed by atoms with Crippen LogP contribution in [0.15, 0.2) is 61.0 Å². The molecular formula is C39H55N3O6. The molecule has 3 unspecified atom stereocenters. The third-order valence-electron chi connectivity index (χ3n) is 10.3. The van der Waals surface area contributed by atoms with Gasteiger partial charge in [0.05, 0.1) is 31.3 Å². The summed E-state index contributed by atoms with van der Waals surface area (Å²) in [6, 6.07) is 10.1. The molecule has 6 atom stereocenters. The summed E-state index contributed by atoms with van der Waals surface area (Å²) in [6.07, 6.45) is 13.6. The first kappa shape index (κ1) is 36.0. The molecule has 9 heteroatoms. The molecule has 1 amide bonds. The highest BCUT2D eigenvalue weighted by Crippen LogP contribution is 2.59. The summed E-state index contributed by atoms with van der Waals surface area (Å²) < 4.78 is 19.1. The van der Waals surface area contributed by atoms with Crippen LogP contribution >= 0.6 is 0 Å². The largest absolute Gasteiger partial charge is 0.444 e. The van der Waals surface area contributed by atoms with E-state index >= 15 is 0 Å². The van der Waals surface area contributed by atoms with Gasteiger partial charge < -0.3 is 28.8 Å². The first-order chi connectivity index (χ1) is 22.9. The van der Waals surface area contributed by atoms with E-state index in [9.17, 15) is 14.7 Å². The summed E-state index contributed by atoms with van der Waals surface area (Å²) in [5, 5.41) is 11.6. The van der Waals surface area contributed by atoms with E-state index in [1.807, 2.05) is 48.5 Å². The van der Waals surface area contributed by atoms with Gasteiger partial charge in [-0.3, -0.25) is 4.79 Å². The number of allylic oxidation sites excluding steroid dienone is 4. The Kier molecular flexibility index (Phi) is 11.3. The number of Topliss-reactive ketones (excluding diaryl/α,β-unsaturated/α-hetero) is 1. The lowest BCUT2D eigenvalue weighted by molar-refractivity contribution is -0.135. The van der Waals surface area contributed by atoms with Crippen molar-refractivity contribution >= 4 is 11.9 Å². The maximum atomic E-state index is 14.1. The summed E-state index contributed by atoms with van der Waals surface area (Å²) in [6.45, 7) is 12.1. The molecule has 2 heterocycles. The molecule has 0 bridgehead atoms. The van der Waals surface area contributed by atoms with Crippen molar-refractivity contribution in [3.63, 3.8) is 0 Å². The van der Waals surface area contributed by atoms with E-state index < -0.39 is 17.2 Å². The van der Waals surface area contributed by atoms with Gasteiger partial charge in [-0.1, -0.05) is 74.9 Å². The third kappa shape index (κ3) is 8.47. The molecule has 48 heavy (non-hydrogen) atoms. The predicted octanol–water partition coefficient (Wildman–Crippen LogP) is 7.24. The van der Waals surface area contributed by atoms with Crippen LogP contribution < -0.4 is 0 Å². The number of imidazole rings is 1. The van der Waals surface area contributed by atoms with Gasteiger partial charge in [0.2, 0.25) is 0 Å². The summed E-state index contributed by atoms with van der Waals surface area (Å²) >= 11 is 0. The van der Waals surface area contributed by atoms with Gasteiger partial charge in [-0.15, -0.1) is 0 Å². The van der Waals surface area contributed by atoms with Crippen molar-refractivity contribution in [2.45, 2.75) is 102 Å². The quantitative estimate of drug-likeness (QED) is 0.213. The highest BCUT2D eigenvalue weighted by atomic mass is 16.6. The minimum atomic E-state index is -1.13. The lowest BCUT2D eigenvalue weighted by atomic mass is 9.87. The zero-order valence-corrected chi connectivity index (χ0v) is 29.7. The number of rotatable bonds is 14. The maximum absolute atomic E-state index is 14.1. The molecule has 1 aliphatic heterocycles. The molecule has 5 rings (SSSR count). The number of ketones is 1. The molecule has 1 saturated carbocycles. The van der Waals surface area contributed by atoms with Crippen LogP contribution in [-0.2, 0) is 14.2 Å². The van der Waals surface area contributed by atoms with Gasteiger partial charge in [-0.05, 0) is 62.8 Å². The Balaban J connectivity index is 1.33. The van der Waals surface area contributed by atoms with E-state index in [2.05, 4.69) is 50.3 Å². The van der Waals surface area contributed by atoms with E-state index in [1.54, 1.807) is 13.4 Å². The minimum Gasteiger partial charge on any atom is -0.444 e. The van der Waals surface area contributed by atoms with E-state index in [0.717, 1.165) is 25.0 Å². The average Bonchev–Trinajstić information content (AvgIpc) is 3.53. The Morgan fingerprint density at radius 3 is 2.65 bits per heavy atom. The molecule has 2 aliphatic carbocycles. The van der Waals surface area contributed by atoms with E-state index in [-0.39, 0.29) is 35.7 Å². The van der Waals surface area contributed by atoms with Crippen LogP contribution in [0.1, 0.15) is 113 Å². The van der Waals surface area contributed by atoms with Gasteiger partial charge in [0.25, 0.3) is 0 Å². The predicted molar refractivity (Wildman–Crippen MR) is 186 cm³/mol. The SMILES string of the molecule is CCC(CCN(C[C@]1(C)C[C@@H]1c1ccccc1)C(=O)OC(C)(C)C)CC(=O)c1ncn(C2COCC[C@]2(O)COC)c1C1C=CC=CC1. The molecule has 1 aromatic carbocycles. The molecule has 3 aliphatic rings. The molecule has 1 aromatic heterocycles. The fraction of sp³-hybridized carbons (Fsp3) is 0.615. The zero-order valence-electron chi connectivity index (χ0n) is 29.7. The first-order valence-electron chi connectivity index (χ1n) is 17.6. The molecule has 1 saturated heterocycles. The smallest absolute Gasteiger partial charge is 0.410 e.